The van der Waals surface area contributed by atoms with E-state index < -0.39 is 12.0 Å². The van der Waals surface area contributed by atoms with Gasteiger partial charge in [-0.05, 0) is 13.1 Å². The second-order valence-electron chi connectivity index (χ2n) is 2.88. The largest absolute Gasteiger partial charge is 0.480 e. The fourth-order valence-corrected chi connectivity index (χ4v) is 1.99. The Morgan fingerprint density at radius 3 is 2.64 bits per heavy atom. The molecule has 0 aromatic carbocycles. The number of hydrogen-bond donors (Lipinski definition) is 1. The molecule has 0 aliphatic heterocycles. The van der Waals surface area contributed by atoms with E-state index in [1.807, 2.05) is 18.7 Å². The molecule has 0 bridgehead atoms. The lowest BCUT2D eigenvalue weighted by Crippen LogP contribution is -2.34. The Morgan fingerprint density at radius 1 is 1.64 bits per heavy atom. The van der Waals surface area contributed by atoms with Gasteiger partial charge in [0.05, 0.1) is 11.2 Å². The molecule has 5 heteroatoms. The highest BCUT2D eigenvalue weighted by atomic mass is 32.1. The average Bonchev–Trinajstić information content (AvgIpc) is 2.65. The lowest BCUT2D eigenvalue weighted by Gasteiger charge is -2.24. The van der Waals surface area contributed by atoms with Gasteiger partial charge in [-0.25, -0.2) is 4.98 Å². The third kappa shape index (κ3) is 2.30. The maximum atomic E-state index is 11.1. The summed E-state index contributed by atoms with van der Waals surface area (Å²) in [4.78, 5) is 17.0. The topological polar surface area (TPSA) is 53.4 Å². The molecule has 0 saturated heterocycles. The molecular formula is C9H14N2O2S. The van der Waals surface area contributed by atoms with Crippen LogP contribution in [0.15, 0.2) is 10.9 Å². The molecule has 14 heavy (non-hydrogen) atoms. The first-order valence-corrected chi connectivity index (χ1v) is 5.49. The van der Waals surface area contributed by atoms with Gasteiger partial charge in [0.1, 0.15) is 0 Å². The SMILES string of the molecule is CCN(CC)C(C(=O)O)c1cscn1. The van der Waals surface area contributed by atoms with Crippen LogP contribution < -0.4 is 0 Å². The molecule has 0 radical (unpaired) electrons. The van der Waals surface area contributed by atoms with Crippen molar-refractivity contribution in [3.05, 3.63) is 16.6 Å². The maximum Gasteiger partial charge on any atom is 0.327 e. The minimum Gasteiger partial charge on any atom is -0.480 e. The van der Waals surface area contributed by atoms with Crippen LogP contribution >= 0.6 is 11.3 Å². The normalized spacial score (nSPS) is 13.1. The van der Waals surface area contributed by atoms with Crippen molar-refractivity contribution in [1.29, 1.82) is 0 Å². The van der Waals surface area contributed by atoms with Crippen molar-refractivity contribution in [2.24, 2.45) is 0 Å². The number of carboxylic acid groups (broad SMARTS) is 1. The molecule has 4 nitrogen and oxygen atoms in total. The summed E-state index contributed by atoms with van der Waals surface area (Å²) in [6.07, 6.45) is 0. The number of aromatic nitrogens is 1. The molecule has 0 saturated carbocycles. The third-order valence-electron chi connectivity index (χ3n) is 2.14. The smallest absolute Gasteiger partial charge is 0.327 e. The number of hydrogen-bond acceptors (Lipinski definition) is 4. The monoisotopic (exact) mass is 214 g/mol. The zero-order valence-corrected chi connectivity index (χ0v) is 9.12. The number of carbonyl (C=O) groups is 1. The second kappa shape index (κ2) is 5.07. The molecule has 0 aliphatic rings. The van der Waals surface area contributed by atoms with Crippen LogP contribution in [0.1, 0.15) is 25.6 Å². The molecule has 1 rings (SSSR count). The number of rotatable bonds is 5. The minimum atomic E-state index is -0.834. The van der Waals surface area contributed by atoms with Gasteiger partial charge in [-0.2, -0.15) is 0 Å². The van der Waals surface area contributed by atoms with Crippen LogP contribution in [0.5, 0.6) is 0 Å². The molecule has 1 unspecified atom stereocenters. The Kier molecular flexibility index (Phi) is 4.03. The first kappa shape index (κ1) is 11.1. The van der Waals surface area contributed by atoms with Crippen molar-refractivity contribution in [2.75, 3.05) is 13.1 Å². The third-order valence-corrected chi connectivity index (χ3v) is 2.75. The molecule has 0 amide bonds. The molecule has 0 fully saturated rings. The van der Waals surface area contributed by atoms with Crippen LogP contribution in [0.3, 0.4) is 0 Å². The Balaban J connectivity index is 2.89. The number of carboxylic acids is 1. The van der Waals surface area contributed by atoms with Gasteiger partial charge in [-0.15, -0.1) is 11.3 Å². The predicted molar refractivity (Wildman–Crippen MR) is 55.4 cm³/mol. The van der Waals surface area contributed by atoms with Crippen molar-refractivity contribution in [3.8, 4) is 0 Å². The average molecular weight is 214 g/mol. The second-order valence-corrected chi connectivity index (χ2v) is 3.59. The zero-order chi connectivity index (χ0) is 10.6. The molecule has 1 N–H and O–H groups in total. The van der Waals surface area contributed by atoms with E-state index in [1.54, 1.807) is 10.9 Å². The summed E-state index contributed by atoms with van der Waals surface area (Å²) in [5.41, 5.74) is 2.29. The number of thiazole rings is 1. The lowest BCUT2D eigenvalue weighted by atomic mass is 10.2. The van der Waals surface area contributed by atoms with Crippen LogP contribution in [0.2, 0.25) is 0 Å². The summed E-state index contributed by atoms with van der Waals surface area (Å²) >= 11 is 1.42. The van der Waals surface area contributed by atoms with Crippen molar-refractivity contribution in [3.63, 3.8) is 0 Å². The van der Waals surface area contributed by atoms with E-state index in [0.717, 1.165) is 0 Å². The maximum absolute atomic E-state index is 11.1. The van der Waals surface area contributed by atoms with E-state index in [0.29, 0.717) is 18.8 Å². The van der Waals surface area contributed by atoms with Gasteiger partial charge in [-0.3, -0.25) is 9.69 Å². The quantitative estimate of drug-likeness (QED) is 0.809. The van der Waals surface area contributed by atoms with E-state index in [1.165, 1.54) is 11.3 Å². The molecular weight excluding hydrogens is 200 g/mol. The molecule has 1 heterocycles. The molecule has 1 aromatic rings. The fraction of sp³-hybridized carbons (Fsp3) is 0.556. The highest BCUT2D eigenvalue weighted by Crippen LogP contribution is 2.20. The van der Waals surface area contributed by atoms with Crippen LogP contribution in [0.4, 0.5) is 0 Å². The highest BCUT2D eigenvalue weighted by Gasteiger charge is 2.26. The van der Waals surface area contributed by atoms with Crippen LogP contribution in [0.25, 0.3) is 0 Å². The van der Waals surface area contributed by atoms with Gasteiger partial charge in [0.2, 0.25) is 0 Å². The van der Waals surface area contributed by atoms with Crippen molar-refractivity contribution in [2.45, 2.75) is 19.9 Å². The summed E-state index contributed by atoms with van der Waals surface area (Å²) in [5.74, 6) is -0.834. The van der Waals surface area contributed by atoms with Gasteiger partial charge in [0.25, 0.3) is 0 Å². The van der Waals surface area contributed by atoms with E-state index >= 15 is 0 Å². The van der Waals surface area contributed by atoms with Crippen LogP contribution in [0, 0.1) is 0 Å². The van der Waals surface area contributed by atoms with Gasteiger partial charge in [0, 0.05) is 5.38 Å². The van der Waals surface area contributed by atoms with E-state index in [2.05, 4.69) is 4.98 Å². The highest BCUT2D eigenvalue weighted by molar-refractivity contribution is 7.07. The van der Waals surface area contributed by atoms with Crippen LogP contribution in [-0.2, 0) is 4.79 Å². The lowest BCUT2D eigenvalue weighted by molar-refractivity contribution is -0.143. The minimum absolute atomic E-state index is 0.601. The zero-order valence-electron chi connectivity index (χ0n) is 8.30. The standard InChI is InChI=1S/C9H14N2O2S/c1-3-11(4-2)8(9(12)13)7-5-14-6-10-7/h5-6,8H,3-4H2,1-2H3,(H,12,13). The molecule has 1 aromatic heterocycles. The van der Waals surface area contributed by atoms with E-state index in [4.69, 9.17) is 5.11 Å². The fourth-order valence-electron chi connectivity index (χ4n) is 1.42. The van der Waals surface area contributed by atoms with E-state index in [9.17, 15) is 4.79 Å². The van der Waals surface area contributed by atoms with Gasteiger partial charge < -0.3 is 5.11 Å². The number of nitrogens with zero attached hydrogens (tertiary/aromatic N) is 2. The number of likely N-dealkylation sites (N-methyl/N-ethyl adjacent to an activating group) is 1. The van der Waals surface area contributed by atoms with Crippen molar-refractivity contribution < 1.29 is 9.90 Å². The van der Waals surface area contributed by atoms with Crippen molar-refractivity contribution >= 4 is 17.3 Å². The molecule has 1 atom stereocenters. The van der Waals surface area contributed by atoms with Crippen molar-refractivity contribution in [1.82, 2.24) is 9.88 Å². The number of aliphatic carboxylic acids is 1. The van der Waals surface area contributed by atoms with E-state index in [-0.39, 0.29) is 0 Å². The summed E-state index contributed by atoms with van der Waals surface area (Å²) in [6, 6.07) is -0.601. The van der Waals surface area contributed by atoms with Gasteiger partial charge in [-0.1, -0.05) is 13.8 Å². The summed E-state index contributed by atoms with van der Waals surface area (Å²) in [6.45, 7) is 5.33. The Hall–Kier alpha value is -0.940. The van der Waals surface area contributed by atoms with Gasteiger partial charge >= 0.3 is 5.97 Å². The first-order chi connectivity index (χ1) is 6.70. The molecule has 78 valence electrons. The summed E-state index contributed by atoms with van der Waals surface area (Å²) in [5, 5.41) is 10.9. The van der Waals surface area contributed by atoms with Crippen LogP contribution in [-0.4, -0.2) is 34.0 Å². The Labute approximate surface area is 87.2 Å². The predicted octanol–water partition coefficient (Wildman–Crippen LogP) is 1.61. The Bertz CT molecular complexity index is 283. The summed E-state index contributed by atoms with van der Waals surface area (Å²) in [7, 11) is 0. The summed E-state index contributed by atoms with van der Waals surface area (Å²) < 4.78 is 0. The van der Waals surface area contributed by atoms with Gasteiger partial charge in [0.15, 0.2) is 6.04 Å². The Morgan fingerprint density at radius 2 is 2.29 bits per heavy atom. The molecule has 0 aliphatic carbocycles. The first-order valence-electron chi connectivity index (χ1n) is 4.55. The molecule has 0 spiro atoms.